The predicted molar refractivity (Wildman–Crippen MR) is 74.5 cm³/mol. The minimum Gasteiger partial charge on any atom is -0.320 e. The van der Waals surface area contributed by atoms with Crippen molar-refractivity contribution in [1.82, 2.24) is 4.98 Å². The number of thioether (sulfide) groups is 1. The maximum absolute atomic E-state index is 6.29. The van der Waals surface area contributed by atoms with E-state index in [4.69, 9.17) is 5.73 Å². The zero-order chi connectivity index (χ0) is 11.7. The van der Waals surface area contributed by atoms with Gasteiger partial charge in [0.25, 0.3) is 0 Å². The first-order valence-electron chi connectivity index (χ1n) is 5.69. The topological polar surface area (TPSA) is 38.9 Å². The summed E-state index contributed by atoms with van der Waals surface area (Å²) < 4.78 is 0. The lowest BCUT2D eigenvalue weighted by Gasteiger charge is -2.08. The van der Waals surface area contributed by atoms with Gasteiger partial charge in [-0.05, 0) is 35.4 Å². The quantitative estimate of drug-likeness (QED) is 0.904. The molecule has 1 aliphatic heterocycles. The Bertz CT molecular complexity index is 484. The van der Waals surface area contributed by atoms with Crippen molar-refractivity contribution in [1.29, 1.82) is 0 Å². The Morgan fingerprint density at radius 1 is 1.41 bits per heavy atom. The zero-order valence-corrected chi connectivity index (χ0v) is 11.1. The van der Waals surface area contributed by atoms with Crippen LogP contribution in [0.3, 0.4) is 0 Å². The van der Waals surface area contributed by atoms with Crippen molar-refractivity contribution in [3.8, 4) is 0 Å². The summed E-state index contributed by atoms with van der Waals surface area (Å²) in [5.41, 5.74) is 8.87. The molecule has 3 rings (SSSR count). The summed E-state index contributed by atoms with van der Waals surface area (Å²) in [6.07, 6.45) is 4.84. The van der Waals surface area contributed by atoms with Gasteiger partial charge in [-0.3, -0.25) is 4.98 Å². The third-order valence-electron chi connectivity index (χ3n) is 3.00. The first kappa shape index (κ1) is 11.3. The standard InChI is InChI=1S/C13H14N2S2/c14-13(9-2-1-4-15-7-9)12-6-10-8-16-5-3-11(10)17-12/h1-2,4,6-7,13H,3,5,8,14H2. The van der Waals surface area contributed by atoms with E-state index in [-0.39, 0.29) is 6.04 Å². The molecular weight excluding hydrogens is 248 g/mol. The Labute approximate surface area is 109 Å². The molecule has 0 radical (unpaired) electrons. The highest BCUT2D eigenvalue weighted by Crippen LogP contribution is 2.35. The normalized spacial score (nSPS) is 16.5. The number of fused-ring (bicyclic) bond motifs is 1. The second kappa shape index (κ2) is 4.80. The van der Waals surface area contributed by atoms with Crippen molar-refractivity contribution in [3.05, 3.63) is 51.5 Å². The smallest absolute Gasteiger partial charge is 0.0661 e. The second-order valence-corrected chi connectivity index (χ2v) is 6.44. The fraction of sp³-hybridized carbons (Fsp3) is 0.308. The van der Waals surface area contributed by atoms with E-state index < -0.39 is 0 Å². The predicted octanol–water partition coefficient (Wildman–Crippen LogP) is 2.98. The molecule has 0 fully saturated rings. The molecule has 0 spiro atoms. The first-order chi connectivity index (χ1) is 8.34. The summed E-state index contributed by atoms with van der Waals surface area (Å²) in [5, 5.41) is 0. The second-order valence-electron chi connectivity index (χ2n) is 4.16. The number of hydrogen-bond donors (Lipinski definition) is 1. The number of aromatic nitrogens is 1. The van der Waals surface area contributed by atoms with E-state index in [9.17, 15) is 0 Å². The van der Waals surface area contributed by atoms with E-state index >= 15 is 0 Å². The van der Waals surface area contributed by atoms with Gasteiger partial charge in [0.1, 0.15) is 0 Å². The lowest BCUT2D eigenvalue weighted by molar-refractivity contribution is 0.883. The number of rotatable bonds is 2. The molecule has 0 saturated carbocycles. The minimum atomic E-state index is -0.0238. The molecule has 88 valence electrons. The van der Waals surface area contributed by atoms with Crippen LogP contribution >= 0.6 is 23.1 Å². The van der Waals surface area contributed by atoms with Crippen LogP contribution in [0.5, 0.6) is 0 Å². The maximum Gasteiger partial charge on any atom is 0.0661 e. The van der Waals surface area contributed by atoms with Crippen molar-refractivity contribution in [2.75, 3.05) is 5.75 Å². The van der Waals surface area contributed by atoms with E-state index in [1.54, 1.807) is 6.20 Å². The van der Waals surface area contributed by atoms with Gasteiger partial charge in [-0.25, -0.2) is 0 Å². The SMILES string of the molecule is NC(c1cccnc1)c1cc2c(s1)CCSC2. The molecule has 2 nitrogen and oxygen atoms in total. The van der Waals surface area contributed by atoms with Crippen molar-refractivity contribution in [3.63, 3.8) is 0 Å². The average Bonchev–Trinajstić information content (AvgIpc) is 2.82. The molecule has 0 amide bonds. The lowest BCUT2D eigenvalue weighted by atomic mass is 10.1. The summed E-state index contributed by atoms with van der Waals surface area (Å²) >= 11 is 3.88. The minimum absolute atomic E-state index is 0.0238. The highest BCUT2D eigenvalue weighted by Gasteiger charge is 2.18. The van der Waals surface area contributed by atoms with E-state index in [0.717, 1.165) is 11.3 Å². The zero-order valence-electron chi connectivity index (χ0n) is 9.43. The Morgan fingerprint density at radius 3 is 3.12 bits per heavy atom. The molecule has 17 heavy (non-hydrogen) atoms. The number of nitrogens with two attached hydrogens (primary N) is 1. The molecule has 4 heteroatoms. The van der Waals surface area contributed by atoms with Gasteiger partial charge in [0.05, 0.1) is 6.04 Å². The summed E-state index contributed by atoms with van der Waals surface area (Å²) in [5.74, 6) is 2.39. The lowest BCUT2D eigenvalue weighted by Crippen LogP contribution is -2.10. The van der Waals surface area contributed by atoms with Crippen LogP contribution < -0.4 is 5.73 Å². The molecule has 0 saturated heterocycles. The summed E-state index contributed by atoms with van der Waals surface area (Å²) in [6, 6.07) is 6.25. The van der Waals surface area contributed by atoms with Gasteiger partial charge >= 0.3 is 0 Å². The van der Waals surface area contributed by atoms with E-state index in [2.05, 4.69) is 11.1 Å². The Hall–Kier alpha value is -0.840. The summed E-state index contributed by atoms with van der Waals surface area (Å²) in [7, 11) is 0. The fourth-order valence-electron chi connectivity index (χ4n) is 2.05. The van der Waals surface area contributed by atoms with Crippen LogP contribution in [-0.4, -0.2) is 10.7 Å². The molecule has 2 N–H and O–H groups in total. The Morgan fingerprint density at radius 2 is 2.35 bits per heavy atom. The molecule has 0 aromatic carbocycles. The molecular formula is C13H14N2S2. The van der Waals surface area contributed by atoms with Gasteiger partial charge in [-0.2, -0.15) is 11.8 Å². The first-order valence-corrected chi connectivity index (χ1v) is 7.66. The van der Waals surface area contributed by atoms with Crippen molar-refractivity contribution < 1.29 is 0 Å². The number of nitrogens with zero attached hydrogens (tertiary/aromatic N) is 1. The Kier molecular flexibility index (Phi) is 3.18. The summed E-state index contributed by atoms with van der Waals surface area (Å²) in [4.78, 5) is 6.93. The number of aryl methyl sites for hydroxylation is 1. The van der Waals surface area contributed by atoms with Gasteiger partial charge in [0.2, 0.25) is 0 Å². The van der Waals surface area contributed by atoms with E-state index in [0.29, 0.717) is 0 Å². The van der Waals surface area contributed by atoms with Crippen molar-refractivity contribution in [2.24, 2.45) is 5.73 Å². The van der Waals surface area contributed by atoms with Gasteiger partial charge < -0.3 is 5.73 Å². The van der Waals surface area contributed by atoms with Crippen LogP contribution in [0.1, 0.15) is 26.9 Å². The van der Waals surface area contributed by atoms with Crippen LogP contribution in [-0.2, 0) is 12.2 Å². The van der Waals surface area contributed by atoms with Crippen LogP contribution in [0.15, 0.2) is 30.6 Å². The highest BCUT2D eigenvalue weighted by atomic mass is 32.2. The monoisotopic (exact) mass is 262 g/mol. The molecule has 3 heterocycles. The molecule has 1 aliphatic rings. The molecule has 0 bridgehead atoms. The van der Waals surface area contributed by atoms with E-state index in [1.165, 1.54) is 27.5 Å². The number of pyridine rings is 1. The number of hydrogen-bond acceptors (Lipinski definition) is 4. The summed E-state index contributed by atoms with van der Waals surface area (Å²) in [6.45, 7) is 0. The fourth-order valence-corrected chi connectivity index (χ4v) is 4.45. The Balaban J connectivity index is 1.91. The van der Waals surface area contributed by atoms with Crippen molar-refractivity contribution in [2.45, 2.75) is 18.2 Å². The molecule has 2 aromatic rings. The van der Waals surface area contributed by atoms with Crippen molar-refractivity contribution >= 4 is 23.1 Å². The molecule has 0 aliphatic carbocycles. The maximum atomic E-state index is 6.29. The molecule has 1 atom stereocenters. The van der Waals surface area contributed by atoms with Gasteiger partial charge in [0, 0.05) is 27.9 Å². The van der Waals surface area contributed by atoms with Crippen LogP contribution in [0, 0.1) is 0 Å². The molecule has 2 aromatic heterocycles. The average molecular weight is 262 g/mol. The largest absolute Gasteiger partial charge is 0.320 e. The van der Waals surface area contributed by atoms with E-state index in [1.807, 2.05) is 41.4 Å². The van der Waals surface area contributed by atoms with Crippen LogP contribution in [0.4, 0.5) is 0 Å². The van der Waals surface area contributed by atoms with Crippen LogP contribution in [0.25, 0.3) is 0 Å². The van der Waals surface area contributed by atoms with Gasteiger partial charge in [-0.15, -0.1) is 11.3 Å². The third kappa shape index (κ3) is 2.25. The van der Waals surface area contributed by atoms with Gasteiger partial charge in [0.15, 0.2) is 0 Å². The number of thiophene rings is 1. The van der Waals surface area contributed by atoms with Gasteiger partial charge in [-0.1, -0.05) is 6.07 Å². The third-order valence-corrected chi connectivity index (χ3v) is 5.32. The molecule has 1 unspecified atom stereocenters. The highest BCUT2D eigenvalue weighted by molar-refractivity contribution is 7.98. The van der Waals surface area contributed by atoms with Crippen LogP contribution in [0.2, 0.25) is 0 Å².